The number of nitrogens with one attached hydrogen (secondary N) is 1. The van der Waals surface area contributed by atoms with E-state index in [-0.39, 0.29) is 16.7 Å². The Kier molecular flexibility index (Phi) is 4.77. The summed E-state index contributed by atoms with van der Waals surface area (Å²) in [6, 6.07) is 12.4. The molecule has 0 aromatic heterocycles. The Hall–Kier alpha value is -1.40. The average Bonchev–Trinajstić information content (AvgIpc) is 2.43. The summed E-state index contributed by atoms with van der Waals surface area (Å²) in [5.74, 6) is 0. The van der Waals surface area contributed by atoms with Crippen LogP contribution in [0.2, 0.25) is 0 Å². The molecule has 0 aliphatic rings. The maximum absolute atomic E-state index is 10.8. The van der Waals surface area contributed by atoms with Crippen molar-refractivity contribution in [3.05, 3.63) is 67.1 Å². The minimum Gasteiger partial charge on any atom is -0.378 e. The molecule has 1 unspecified atom stereocenters. The summed E-state index contributed by atoms with van der Waals surface area (Å²) in [6.45, 7) is 1.96. The number of nitro benzene ring substituents is 1. The second kappa shape index (κ2) is 6.37. The van der Waals surface area contributed by atoms with Crippen LogP contribution in [0, 0.1) is 10.1 Å². The molecule has 20 heavy (non-hydrogen) atoms. The molecule has 0 spiro atoms. The van der Waals surface area contributed by atoms with Crippen molar-refractivity contribution in [2.45, 2.75) is 13.0 Å². The molecule has 0 saturated heterocycles. The highest BCUT2D eigenvalue weighted by Crippen LogP contribution is 2.30. The highest BCUT2D eigenvalue weighted by Gasteiger charge is 2.12. The third kappa shape index (κ3) is 3.58. The quantitative estimate of drug-likeness (QED) is 0.561. The van der Waals surface area contributed by atoms with E-state index < -0.39 is 0 Å². The zero-order valence-corrected chi connectivity index (χ0v) is 13.8. The summed E-state index contributed by atoms with van der Waals surface area (Å²) >= 11 is 6.90. The third-order valence-corrected chi connectivity index (χ3v) is 4.07. The lowest BCUT2D eigenvalue weighted by molar-refractivity contribution is -0.384. The van der Waals surface area contributed by atoms with Gasteiger partial charge in [-0.2, -0.15) is 0 Å². The molecule has 0 bridgehead atoms. The van der Waals surface area contributed by atoms with E-state index in [0.29, 0.717) is 0 Å². The van der Waals surface area contributed by atoms with Crippen LogP contribution < -0.4 is 5.32 Å². The van der Waals surface area contributed by atoms with Gasteiger partial charge in [0.15, 0.2) is 0 Å². The monoisotopic (exact) mass is 398 g/mol. The lowest BCUT2D eigenvalue weighted by Crippen LogP contribution is -2.07. The average molecular weight is 400 g/mol. The Bertz CT molecular complexity index is 647. The van der Waals surface area contributed by atoms with Crippen molar-refractivity contribution < 1.29 is 4.92 Å². The maximum Gasteiger partial charge on any atom is 0.269 e. The molecular weight excluding hydrogens is 388 g/mol. The van der Waals surface area contributed by atoms with Gasteiger partial charge in [-0.15, -0.1) is 0 Å². The van der Waals surface area contributed by atoms with Gasteiger partial charge in [0.1, 0.15) is 0 Å². The maximum atomic E-state index is 10.8. The molecule has 0 aliphatic carbocycles. The van der Waals surface area contributed by atoms with Gasteiger partial charge in [0.05, 0.1) is 10.6 Å². The molecule has 0 radical (unpaired) electrons. The highest BCUT2D eigenvalue weighted by atomic mass is 79.9. The molecule has 0 aliphatic heterocycles. The van der Waals surface area contributed by atoms with E-state index in [2.05, 4.69) is 37.2 Å². The van der Waals surface area contributed by atoms with E-state index in [9.17, 15) is 10.1 Å². The summed E-state index contributed by atoms with van der Waals surface area (Å²) in [4.78, 5) is 10.4. The van der Waals surface area contributed by atoms with Gasteiger partial charge in [-0.1, -0.05) is 28.1 Å². The molecule has 1 atom stereocenters. The Labute approximate surface area is 133 Å². The molecule has 2 aromatic carbocycles. The number of benzene rings is 2. The van der Waals surface area contributed by atoms with Crippen LogP contribution in [0.25, 0.3) is 0 Å². The summed E-state index contributed by atoms with van der Waals surface area (Å²) in [5.41, 5.74) is 1.90. The SMILES string of the molecule is CC(Nc1cc(Br)ccc1Br)c1cccc([N+](=O)[O-])c1. The summed E-state index contributed by atoms with van der Waals surface area (Å²) in [7, 11) is 0. The van der Waals surface area contributed by atoms with E-state index in [4.69, 9.17) is 0 Å². The van der Waals surface area contributed by atoms with Gasteiger partial charge in [0.25, 0.3) is 5.69 Å². The van der Waals surface area contributed by atoms with Gasteiger partial charge in [-0.3, -0.25) is 10.1 Å². The molecule has 0 heterocycles. The molecule has 2 rings (SSSR count). The largest absolute Gasteiger partial charge is 0.378 e. The van der Waals surface area contributed by atoms with Gasteiger partial charge >= 0.3 is 0 Å². The predicted octanol–water partition coefficient (Wildman–Crippen LogP) is 5.29. The highest BCUT2D eigenvalue weighted by molar-refractivity contribution is 9.11. The van der Waals surface area contributed by atoms with Crippen LogP contribution in [0.15, 0.2) is 51.4 Å². The normalized spacial score (nSPS) is 11.9. The summed E-state index contributed by atoms with van der Waals surface area (Å²) < 4.78 is 1.91. The zero-order valence-electron chi connectivity index (χ0n) is 10.6. The first-order chi connectivity index (χ1) is 9.47. The predicted molar refractivity (Wildman–Crippen MR) is 87.0 cm³/mol. The van der Waals surface area contributed by atoms with Crippen molar-refractivity contribution in [1.82, 2.24) is 0 Å². The first-order valence-electron chi connectivity index (χ1n) is 5.93. The van der Waals surface area contributed by atoms with Crippen LogP contribution in [0.4, 0.5) is 11.4 Å². The summed E-state index contributed by atoms with van der Waals surface area (Å²) in [6.07, 6.45) is 0. The topological polar surface area (TPSA) is 55.2 Å². The van der Waals surface area contributed by atoms with Crippen molar-refractivity contribution in [3.63, 3.8) is 0 Å². The third-order valence-electron chi connectivity index (χ3n) is 2.88. The number of nitro groups is 1. The van der Waals surface area contributed by atoms with Crippen LogP contribution in [0.3, 0.4) is 0 Å². The van der Waals surface area contributed by atoms with Crippen LogP contribution >= 0.6 is 31.9 Å². The number of anilines is 1. The molecule has 4 nitrogen and oxygen atoms in total. The van der Waals surface area contributed by atoms with E-state index in [0.717, 1.165) is 20.2 Å². The van der Waals surface area contributed by atoms with Gasteiger partial charge < -0.3 is 5.32 Å². The van der Waals surface area contributed by atoms with Crippen molar-refractivity contribution in [3.8, 4) is 0 Å². The smallest absolute Gasteiger partial charge is 0.269 e. The first kappa shape index (κ1) is 15.0. The minimum atomic E-state index is -0.384. The lowest BCUT2D eigenvalue weighted by atomic mass is 10.1. The number of rotatable bonds is 4. The van der Waals surface area contributed by atoms with Gasteiger partial charge in [-0.25, -0.2) is 0 Å². The number of hydrogen-bond donors (Lipinski definition) is 1. The molecule has 0 amide bonds. The molecule has 104 valence electrons. The van der Waals surface area contributed by atoms with Crippen LogP contribution in [0.5, 0.6) is 0 Å². The number of non-ortho nitro benzene ring substituents is 1. The first-order valence-corrected chi connectivity index (χ1v) is 7.52. The van der Waals surface area contributed by atoms with Crippen LogP contribution in [-0.2, 0) is 0 Å². The Balaban J connectivity index is 2.23. The molecule has 1 N–H and O–H groups in total. The Morgan fingerprint density at radius 1 is 1.20 bits per heavy atom. The molecular formula is C14H12Br2N2O2. The van der Waals surface area contributed by atoms with E-state index in [1.54, 1.807) is 12.1 Å². The Morgan fingerprint density at radius 3 is 2.65 bits per heavy atom. The zero-order chi connectivity index (χ0) is 14.7. The van der Waals surface area contributed by atoms with Crippen LogP contribution in [0.1, 0.15) is 18.5 Å². The molecule has 6 heteroatoms. The number of halogens is 2. The molecule has 0 saturated carbocycles. The van der Waals surface area contributed by atoms with E-state index >= 15 is 0 Å². The minimum absolute atomic E-state index is 0.0412. The van der Waals surface area contributed by atoms with Crippen LogP contribution in [-0.4, -0.2) is 4.92 Å². The number of hydrogen-bond acceptors (Lipinski definition) is 3. The lowest BCUT2D eigenvalue weighted by Gasteiger charge is -2.17. The molecule has 0 fully saturated rings. The van der Waals surface area contributed by atoms with Gasteiger partial charge in [0.2, 0.25) is 0 Å². The fraction of sp³-hybridized carbons (Fsp3) is 0.143. The van der Waals surface area contributed by atoms with Crippen molar-refractivity contribution in [2.75, 3.05) is 5.32 Å². The molecule has 2 aromatic rings. The Morgan fingerprint density at radius 2 is 1.95 bits per heavy atom. The fourth-order valence-corrected chi connectivity index (χ4v) is 2.55. The van der Waals surface area contributed by atoms with Crippen molar-refractivity contribution >= 4 is 43.2 Å². The van der Waals surface area contributed by atoms with Crippen molar-refractivity contribution in [2.24, 2.45) is 0 Å². The van der Waals surface area contributed by atoms with Crippen molar-refractivity contribution in [1.29, 1.82) is 0 Å². The van der Waals surface area contributed by atoms with Gasteiger partial charge in [-0.05, 0) is 46.6 Å². The second-order valence-corrected chi connectivity index (χ2v) is 6.11. The van der Waals surface area contributed by atoms with E-state index in [1.165, 1.54) is 6.07 Å². The van der Waals surface area contributed by atoms with E-state index in [1.807, 2.05) is 31.2 Å². The second-order valence-electron chi connectivity index (χ2n) is 4.34. The fourth-order valence-electron chi connectivity index (χ4n) is 1.83. The number of nitrogens with zero attached hydrogens (tertiary/aromatic N) is 1. The standard InChI is InChI=1S/C14H12Br2N2O2/c1-9(10-3-2-4-12(7-10)18(19)20)17-14-8-11(15)5-6-13(14)16/h2-9,17H,1H3. The summed E-state index contributed by atoms with van der Waals surface area (Å²) in [5, 5.41) is 14.1. The van der Waals surface area contributed by atoms with Gasteiger partial charge in [0, 0.05) is 27.1 Å².